The van der Waals surface area contributed by atoms with Crippen molar-refractivity contribution < 1.29 is 4.74 Å². The predicted octanol–water partition coefficient (Wildman–Crippen LogP) is 11.4. The van der Waals surface area contributed by atoms with E-state index in [0.717, 1.165) is 88.6 Å². The van der Waals surface area contributed by atoms with Crippen LogP contribution in [0.4, 0.5) is 0 Å². The average molecular weight is 656 g/mol. The van der Waals surface area contributed by atoms with Crippen molar-refractivity contribution in [3.05, 3.63) is 151 Å². The lowest BCUT2D eigenvalue weighted by Crippen LogP contribution is -1.98. The molecule has 11 rings (SSSR count). The van der Waals surface area contributed by atoms with Crippen LogP contribution in [0, 0.1) is 13.8 Å². The molecule has 0 unspecified atom stereocenters. The SMILES string of the molecule is Cc1cccc(C)c1-c1ccc2c3ccc(Oc4ccc5c6ccccc6n6c7ccccc7nc6c5c4)cc3c3nc4ccccc4n3c2n1. The highest BCUT2D eigenvalue weighted by Gasteiger charge is 2.18. The maximum absolute atomic E-state index is 6.68. The predicted molar refractivity (Wildman–Crippen MR) is 208 cm³/mol. The standard InChI is InChI=1S/C45H29N5O/c1-26-10-9-11-27(2)42(26)38-23-22-33-31-21-19-29(25-35(31)45-47-37-14-5-8-17-41(37)50(45)43(33)48-38)51-28-18-20-30-32-12-3-6-15-39(32)49-40-16-7-4-13-36(40)46-44(49)34(30)24-28/h3-25H,1-2H3. The molecule has 0 spiro atoms. The first-order valence-corrected chi connectivity index (χ1v) is 17.2. The fraction of sp³-hybridized carbons (Fsp3) is 0.0444. The normalized spacial score (nSPS) is 12.1. The maximum Gasteiger partial charge on any atom is 0.147 e. The minimum atomic E-state index is 0.737. The number of hydrogen-bond acceptors (Lipinski definition) is 4. The molecule has 0 radical (unpaired) electrons. The molecule has 240 valence electrons. The zero-order chi connectivity index (χ0) is 33.8. The molecule has 0 aliphatic heterocycles. The van der Waals surface area contributed by atoms with Gasteiger partial charge in [-0.1, -0.05) is 60.7 Å². The van der Waals surface area contributed by atoms with Crippen molar-refractivity contribution in [3.63, 3.8) is 0 Å². The van der Waals surface area contributed by atoms with Gasteiger partial charge < -0.3 is 4.74 Å². The molecule has 0 bridgehead atoms. The molecule has 0 aliphatic carbocycles. The molecule has 6 nitrogen and oxygen atoms in total. The topological polar surface area (TPSA) is 56.7 Å². The number of pyridine rings is 3. The summed E-state index contributed by atoms with van der Waals surface area (Å²) in [5.41, 5.74) is 12.3. The molecule has 51 heavy (non-hydrogen) atoms. The number of aromatic nitrogens is 5. The zero-order valence-electron chi connectivity index (χ0n) is 27.9. The van der Waals surface area contributed by atoms with Gasteiger partial charge in [0.15, 0.2) is 0 Å². The molecule has 0 saturated heterocycles. The smallest absolute Gasteiger partial charge is 0.147 e. The van der Waals surface area contributed by atoms with Gasteiger partial charge in [0.25, 0.3) is 0 Å². The van der Waals surface area contributed by atoms with E-state index < -0.39 is 0 Å². The van der Waals surface area contributed by atoms with Gasteiger partial charge in [0, 0.05) is 27.1 Å². The summed E-state index contributed by atoms with van der Waals surface area (Å²) in [5.74, 6) is 1.48. The Morgan fingerprint density at radius 2 is 0.941 bits per heavy atom. The number of benzene rings is 6. The lowest BCUT2D eigenvalue weighted by atomic mass is 9.99. The summed E-state index contributed by atoms with van der Waals surface area (Å²) < 4.78 is 11.1. The average Bonchev–Trinajstić information content (AvgIpc) is 3.75. The molecule has 6 heteroatoms. The van der Waals surface area contributed by atoms with E-state index in [1.165, 1.54) is 22.1 Å². The van der Waals surface area contributed by atoms with Crippen LogP contribution in [0.2, 0.25) is 0 Å². The van der Waals surface area contributed by atoms with Gasteiger partial charge in [0.1, 0.15) is 28.4 Å². The Balaban J connectivity index is 1.12. The van der Waals surface area contributed by atoms with Crippen LogP contribution in [-0.2, 0) is 0 Å². The third-order valence-corrected chi connectivity index (χ3v) is 10.4. The van der Waals surface area contributed by atoms with Gasteiger partial charge in [-0.25, -0.2) is 15.0 Å². The number of ether oxygens (including phenoxy) is 1. The summed E-state index contributed by atoms with van der Waals surface area (Å²) >= 11 is 0. The van der Waals surface area contributed by atoms with Crippen molar-refractivity contribution in [3.8, 4) is 22.8 Å². The number of hydrogen-bond donors (Lipinski definition) is 0. The van der Waals surface area contributed by atoms with Crippen molar-refractivity contribution in [2.45, 2.75) is 13.8 Å². The number of aryl methyl sites for hydroxylation is 2. The number of fused-ring (bicyclic) bond motifs is 16. The van der Waals surface area contributed by atoms with E-state index in [2.05, 4.69) is 144 Å². The molecule has 0 saturated carbocycles. The molecule has 0 N–H and O–H groups in total. The number of para-hydroxylation sites is 5. The van der Waals surface area contributed by atoms with E-state index in [9.17, 15) is 0 Å². The lowest BCUT2D eigenvalue weighted by Gasteiger charge is -2.14. The van der Waals surface area contributed by atoms with Gasteiger partial charge in [0.05, 0.1) is 33.3 Å². The summed E-state index contributed by atoms with van der Waals surface area (Å²) in [7, 11) is 0. The quantitative estimate of drug-likeness (QED) is 0.178. The summed E-state index contributed by atoms with van der Waals surface area (Å²) in [6.45, 7) is 4.30. The van der Waals surface area contributed by atoms with E-state index >= 15 is 0 Å². The van der Waals surface area contributed by atoms with Gasteiger partial charge in [-0.15, -0.1) is 0 Å². The Kier molecular flexibility index (Phi) is 5.71. The van der Waals surface area contributed by atoms with Gasteiger partial charge in [-0.2, -0.15) is 0 Å². The van der Waals surface area contributed by atoms with Crippen LogP contribution in [-0.4, -0.2) is 23.8 Å². The first-order chi connectivity index (χ1) is 25.1. The molecular weight excluding hydrogens is 627 g/mol. The molecule has 5 aromatic heterocycles. The number of nitrogens with zero attached hydrogens (tertiary/aromatic N) is 5. The van der Waals surface area contributed by atoms with E-state index in [-0.39, 0.29) is 0 Å². The van der Waals surface area contributed by atoms with E-state index in [1.807, 2.05) is 18.2 Å². The minimum Gasteiger partial charge on any atom is -0.457 e. The highest BCUT2D eigenvalue weighted by molar-refractivity contribution is 6.15. The second-order valence-electron chi connectivity index (χ2n) is 13.4. The first kappa shape index (κ1) is 28.1. The third-order valence-electron chi connectivity index (χ3n) is 10.4. The second-order valence-corrected chi connectivity index (χ2v) is 13.4. The van der Waals surface area contributed by atoms with Gasteiger partial charge >= 0.3 is 0 Å². The van der Waals surface area contributed by atoms with Crippen molar-refractivity contribution in [2.75, 3.05) is 0 Å². The van der Waals surface area contributed by atoms with Gasteiger partial charge in [-0.05, 0) is 115 Å². The van der Waals surface area contributed by atoms with Crippen LogP contribution >= 0.6 is 0 Å². The highest BCUT2D eigenvalue weighted by Crippen LogP contribution is 2.39. The minimum absolute atomic E-state index is 0.737. The Hall–Kier alpha value is -6.79. The molecule has 6 aromatic carbocycles. The summed E-state index contributed by atoms with van der Waals surface area (Å²) in [6.07, 6.45) is 0. The van der Waals surface area contributed by atoms with Crippen LogP contribution < -0.4 is 4.74 Å². The van der Waals surface area contributed by atoms with Crippen LogP contribution in [0.15, 0.2) is 140 Å². The Morgan fingerprint density at radius 1 is 0.412 bits per heavy atom. The zero-order valence-corrected chi connectivity index (χ0v) is 27.9. The molecular formula is C45H29N5O. The van der Waals surface area contributed by atoms with E-state index in [1.54, 1.807) is 0 Å². The van der Waals surface area contributed by atoms with Gasteiger partial charge in [0.2, 0.25) is 0 Å². The van der Waals surface area contributed by atoms with E-state index in [4.69, 9.17) is 19.7 Å². The fourth-order valence-corrected chi connectivity index (χ4v) is 8.10. The first-order valence-electron chi connectivity index (χ1n) is 17.2. The van der Waals surface area contributed by atoms with Crippen molar-refractivity contribution in [1.29, 1.82) is 0 Å². The Morgan fingerprint density at radius 3 is 1.63 bits per heavy atom. The third kappa shape index (κ3) is 4.01. The maximum atomic E-state index is 6.68. The number of rotatable bonds is 3. The van der Waals surface area contributed by atoms with Crippen LogP contribution in [0.3, 0.4) is 0 Å². The van der Waals surface area contributed by atoms with Crippen LogP contribution in [0.5, 0.6) is 11.5 Å². The Labute approximate surface area is 291 Å². The lowest BCUT2D eigenvalue weighted by molar-refractivity contribution is 0.484. The van der Waals surface area contributed by atoms with Crippen molar-refractivity contribution >= 4 is 76.8 Å². The molecule has 0 amide bonds. The molecule has 0 aliphatic rings. The van der Waals surface area contributed by atoms with Crippen LogP contribution in [0.25, 0.3) is 88.1 Å². The fourth-order valence-electron chi connectivity index (χ4n) is 8.10. The summed E-state index contributed by atoms with van der Waals surface area (Å²) in [4.78, 5) is 15.6. The number of imidazole rings is 2. The molecule has 5 heterocycles. The van der Waals surface area contributed by atoms with Crippen molar-refractivity contribution in [1.82, 2.24) is 23.8 Å². The Bertz CT molecular complexity index is 3240. The summed E-state index contributed by atoms with van der Waals surface area (Å²) in [5, 5.41) is 6.51. The molecule has 11 aromatic rings. The largest absolute Gasteiger partial charge is 0.457 e. The van der Waals surface area contributed by atoms with Gasteiger partial charge in [-0.3, -0.25) is 8.80 Å². The van der Waals surface area contributed by atoms with Crippen molar-refractivity contribution in [2.24, 2.45) is 0 Å². The second kappa shape index (κ2) is 10.4. The molecule has 0 fully saturated rings. The van der Waals surface area contributed by atoms with Crippen LogP contribution in [0.1, 0.15) is 11.1 Å². The highest BCUT2D eigenvalue weighted by atomic mass is 16.5. The summed E-state index contributed by atoms with van der Waals surface area (Å²) in [6, 6.07) is 48.5. The molecule has 0 atom stereocenters. The van der Waals surface area contributed by atoms with E-state index in [0.29, 0.717) is 0 Å². The monoisotopic (exact) mass is 655 g/mol.